The van der Waals surface area contributed by atoms with E-state index in [-0.39, 0.29) is 13.2 Å². The van der Waals surface area contributed by atoms with Gasteiger partial charge in [-0.3, -0.25) is 9.35 Å². The minimum Gasteiger partial charge on any atom is -0.465 e. The van der Waals surface area contributed by atoms with Crippen molar-refractivity contribution < 1.29 is 27.2 Å². The van der Waals surface area contributed by atoms with E-state index in [1.807, 2.05) is 0 Å². The Bertz CT molecular complexity index is 295. The lowest BCUT2D eigenvalue weighted by atomic mass is 10.2. The number of hydrogen-bond donors (Lipinski definition) is 1. The maximum atomic E-state index is 11.2. The predicted octanol–water partition coefficient (Wildman–Crippen LogP) is -0.546. The Morgan fingerprint density at radius 1 is 1.43 bits per heavy atom. The molecule has 1 heterocycles. The minimum atomic E-state index is -4.17. The fraction of sp³-hybridized carbons (Fsp3) is 0.857. The molecule has 1 unspecified atom stereocenters. The van der Waals surface area contributed by atoms with Crippen LogP contribution in [0.3, 0.4) is 0 Å². The van der Waals surface area contributed by atoms with Crippen LogP contribution in [0.25, 0.3) is 0 Å². The molecule has 1 aliphatic heterocycles. The van der Waals surface area contributed by atoms with Gasteiger partial charge in [-0.1, -0.05) is 0 Å². The van der Waals surface area contributed by atoms with Crippen LogP contribution in [0, 0.1) is 5.92 Å². The van der Waals surface area contributed by atoms with Gasteiger partial charge >= 0.3 is 5.97 Å². The van der Waals surface area contributed by atoms with Crippen LogP contribution < -0.4 is 0 Å². The molecule has 0 aromatic carbocycles. The van der Waals surface area contributed by atoms with Crippen molar-refractivity contribution in [1.29, 1.82) is 0 Å². The lowest BCUT2D eigenvalue weighted by Crippen LogP contribution is -2.32. The van der Waals surface area contributed by atoms with Gasteiger partial charge in [-0.15, -0.1) is 0 Å². The molecule has 1 saturated heterocycles. The number of hydrogen-bond acceptors (Lipinski definition) is 5. The molecule has 0 aromatic rings. The molecule has 1 rings (SSSR count). The van der Waals surface area contributed by atoms with Crippen molar-refractivity contribution in [3.05, 3.63) is 0 Å². The van der Waals surface area contributed by atoms with Crippen LogP contribution in [0.1, 0.15) is 6.42 Å². The Kier molecular flexibility index (Phi) is 3.85. The molecule has 0 aromatic heterocycles. The van der Waals surface area contributed by atoms with E-state index in [1.54, 1.807) is 0 Å². The Morgan fingerprint density at radius 3 is 2.79 bits per heavy atom. The first-order chi connectivity index (χ1) is 6.49. The summed E-state index contributed by atoms with van der Waals surface area (Å²) in [6, 6.07) is 0. The van der Waals surface area contributed by atoms with Crippen molar-refractivity contribution in [3.8, 4) is 0 Å². The highest BCUT2D eigenvalue weighted by Crippen LogP contribution is 2.08. The second kappa shape index (κ2) is 4.72. The summed E-state index contributed by atoms with van der Waals surface area (Å²) in [4.78, 5) is 11.2. The summed E-state index contributed by atoms with van der Waals surface area (Å²) in [5, 5.41) is 0. The van der Waals surface area contributed by atoms with Gasteiger partial charge in [-0.05, 0) is 0 Å². The highest BCUT2D eigenvalue weighted by atomic mass is 32.2. The van der Waals surface area contributed by atoms with Crippen LogP contribution in [-0.2, 0) is 24.4 Å². The van der Waals surface area contributed by atoms with Crippen molar-refractivity contribution in [1.82, 2.24) is 0 Å². The maximum Gasteiger partial charge on any atom is 0.312 e. The Morgan fingerprint density at radius 2 is 2.14 bits per heavy atom. The molecule has 0 saturated carbocycles. The van der Waals surface area contributed by atoms with Crippen LogP contribution in [-0.4, -0.2) is 44.5 Å². The van der Waals surface area contributed by atoms with Crippen LogP contribution >= 0.6 is 0 Å². The summed E-state index contributed by atoms with van der Waals surface area (Å²) < 4.78 is 39.4. The monoisotopic (exact) mass is 224 g/mol. The summed E-state index contributed by atoms with van der Waals surface area (Å²) in [7, 11) is -4.17. The van der Waals surface area contributed by atoms with E-state index >= 15 is 0 Å². The fourth-order valence-corrected chi connectivity index (χ4v) is 1.86. The maximum absolute atomic E-state index is 11.2. The third-order valence-corrected chi connectivity index (χ3v) is 2.57. The summed E-state index contributed by atoms with van der Waals surface area (Å²) in [5.74, 6) is -2.21. The highest BCUT2D eigenvalue weighted by molar-refractivity contribution is 7.85. The van der Waals surface area contributed by atoms with Crippen molar-refractivity contribution in [2.45, 2.75) is 6.42 Å². The first-order valence-corrected chi connectivity index (χ1v) is 5.79. The van der Waals surface area contributed by atoms with Crippen molar-refractivity contribution in [3.63, 3.8) is 0 Å². The van der Waals surface area contributed by atoms with Gasteiger partial charge in [0.1, 0.15) is 0 Å². The fourth-order valence-electron chi connectivity index (χ4n) is 1.12. The number of esters is 1. The van der Waals surface area contributed by atoms with Gasteiger partial charge in [0, 0.05) is 13.0 Å². The number of rotatable bonds is 2. The Balaban J connectivity index is 2.58. The zero-order chi connectivity index (χ0) is 10.6. The normalized spacial score (nSPS) is 24.9. The van der Waals surface area contributed by atoms with Gasteiger partial charge in [0.15, 0.2) is 0 Å². The van der Waals surface area contributed by atoms with E-state index < -0.39 is 27.8 Å². The number of carbonyl (C=O) groups excluding carboxylic acids is 1. The molecule has 7 heteroatoms. The van der Waals surface area contributed by atoms with Crippen LogP contribution in [0.4, 0.5) is 0 Å². The van der Waals surface area contributed by atoms with Gasteiger partial charge in [0.05, 0.1) is 24.9 Å². The van der Waals surface area contributed by atoms with E-state index in [1.165, 1.54) is 0 Å². The second-order valence-electron chi connectivity index (χ2n) is 3.04. The molecule has 1 fully saturated rings. The summed E-state index contributed by atoms with van der Waals surface area (Å²) in [6.45, 7) is 0.620. The molecule has 6 nitrogen and oxygen atoms in total. The second-order valence-corrected chi connectivity index (χ2v) is 4.54. The smallest absolute Gasteiger partial charge is 0.312 e. The highest BCUT2D eigenvalue weighted by Gasteiger charge is 2.27. The third-order valence-electron chi connectivity index (χ3n) is 1.74. The molecule has 1 atom stereocenters. The average molecular weight is 224 g/mol. The van der Waals surface area contributed by atoms with Crippen molar-refractivity contribution in [2.75, 3.05) is 25.6 Å². The lowest BCUT2D eigenvalue weighted by Gasteiger charge is -2.17. The molecular weight excluding hydrogens is 212 g/mol. The average Bonchev–Trinajstić information content (AvgIpc) is 2.03. The number of ether oxygens (including phenoxy) is 2. The SMILES string of the molecule is O=C1OCCCOCC1CS(=O)(=O)O. The predicted molar refractivity (Wildman–Crippen MR) is 46.3 cm³/mol. The largest absolute Gasteiger partial charge is 0.465 e. The quantitative estimate of drug-likeness (QED) is 0.500. The van der Waals surface area contributed by atoms with E-state index in [0.717, 1.165) is 0 Å². The van der Waals surface area contributed by atoms with Gasteiger partial charge in [0.2, 0.25) is 0 Å². The van der Waals surface area contributed by atoms with Crippen LogP contribution in [0.5, 0.6) is 0 Å². The van der Waals surface area contributed by atoms with Crippen LogP contribution in [0.15, 0.2) is 0 Å². The van der Waals surface area contributed by atoms with E-state index in [2.05, 4.69) is 0 Å². The van der Waals surface area contributed by atoms with E-state index in [9.17, 15) is 13.2 Å². The molecule has 0 aliphatic carbocycles. The molecule has 0 bridgehead atoms. The zero-order valence-corrected chi connectivity index (χ0v) is 8.33. The molecule has 14 heavy (non-hydrogen) atoms. The molecule has 0 radical (unpaired) electrons. The molecule has 1 aliphatic rings. The number of carbonyl (C=O) groups is 1. The van der Waals surface area contributed by atoms with Gasteiger partial charge in [-0.2, -0.15) is 8.42 Å². The standard InChI is InChI=1S/C7H12O6S/c8-7-6(5-14(9,10)11)4-12-2-1-3-13-7/h6H,1-5H2,(H,9,10,11). The summed E-state index contributed by atoms with van der Waals surface area (Å²) in [6.07, 6.45) is 0.602. The number of cyclic esters (lactones) is 1. The first-order valence-electron chi connectivity index (χ1n) is 4.18. The molecule has 82 valence electrons. The zero-order valence-electron chi connectivity index (χ0n) is 7.51. The van der Waals surface area contributed by atoms with Gasteiger partial charge in [-0.25, -0.2) is 0 Å². The third kappa shape index (κ3) is 4.03. The Hall–Kier alpha value is -0.660. The van der Waals surface area contributed by atoms with E-state index in [4.69, 9.17) is 14.0 Å². The lowest BCUT2D eigenvalue weighted by molar-refractivity contribution is -0.152. The summed E-state index contributed by atoms with van der Waals surface area (Å²) in [5.41, 5.74) is 0. The van der Waals surface area contributed by atoms with E-state index in [0.29, 0.717) is 13.0 Å². The minimum absolute atomic E-state index is 0.0291. The molecule has 0 amide bonds. The van der Waals surface area contributed by atoms with Crippen LogP contribution in [0.2, 0.25) is 0 Å². The molecular formula is C7H12O6S. The van der Waals surface area contributed by atoms with Gasteiger partial charge < -0.3 is 9.47 Å². The Labute approximate surface area is 81.9 Å². The summed E-state index contributed by atoms with van der Waals surface area (Å²) >= 11 is 0. The van der Waals surface area contributed by atoms with Crippen molar-refractivity contribution in [2.24, 2.45) is 5.92 Å². The first kappa shape index (κ1) is 11.4. The molecule has 0 spiro atoms. The van der Waals surface area contributed by atoms with Gasteiger partial charge in [0.25, 0.3) is 10.1 Å². The molecule has 1 N–H and O–H groups in total. The van der Waals surface area contributed by atoms with Crippen molar-refractivity contribution >= 4 is 16.1 Å². The topological polar surface area (TPSA) is 89.9 Å².